The lowest BCUT2D eigenvalue weighted by molar-refractivity contribution is 1.18. The third-order valence-corrected chi connectivity index (χ3v) is 2.53. The normalized spacial score (nSPS) is 10.3. The lowest BCUT2D eigenvalue weighted by atomic mass is 10.0. The number of rotatable bonds is 1. The first kappa shape index (κ1) is 10.1. The highest BCUT2D eigenvalue weighted by Gasteiger charge is 2.01. The Bertz CT molecular complexity index is 543. The van der Waals surface area contributed by atoms with Crippen LogP contribution < -0.4 is 0 Å². The number of hydrogen-bond donors (Lipinski definition) is 1. The second kappa shape index (κ2) is 3.95. The Kier molecular flexibility index (Phi) is 2.64. The molecule has 1 aromatic heterocycles. The van der Waals surface area contributed by atoms with Crippen molar-refractivity contribution < 1.29 is 0 Å². The molecule has 2 nitrogen and oxygen atoms in total. The van der Waals surface area contributed by atoms with Crippen LogP contribution >= 0.6 is 12.2 Å². The molecule has 0 atom stereocenters. The van der Waals surface area contributed by atoms with Gasteiger partial charge in [0.25, 0.3) is 0 Å². The fraction of sp³-hybridized carbons (Fsp3) is 0.167. The molecule has 1 heterocycles. The van der Waals surface area contributed by atoms with Crippen molar-refractivity contribution in [1.82, 2.24) is 9.97 Å². The average Bonchev–Trinajstić information content (AvgIpc) is 2.17. The summed E-state index contributed by atoms with van der Waals surface area (Å²) in [6.45, 7) is 4.18. The summed E-state index contributed by atoms with van der Waals surface area (Å²) in [6, 6.07) is 6.33. The average molecular weight is 216 g/mol. The first-order valence-corrected chi connectivity index (χ1v) is 5.19. The lowest BCUT2D eigenvalue weighted by Gasteiger charge is -2.06. The Morgan fingerprint density at radius 3 is 2.67 bits per heavy atom. The first-order valence-electron chi connectivity index (χ1n) is 4.79. The second-order valence-corrected chi connectivity index (χ2v) is 4.07. The van der Waals surface area contributed by atoms with Crippen molar-refractivity contribution >= 4 is 12.2 Å². The van der Waals surface area contributed by atoms with Crippen molar-refractivity contribution in [3.05, 3.63) is 46.4 Å². The van der Waals surface area contributed by atoms with E-state index in [-0.39, 0.29) is 0 Å². The second-order valence-electron chi connectivity index (χ2n) is 3.63. The van der Waals surface area contributed by atoms with E-state index in [1.807, 2.05) is 0 Å². The summed E-state index contributed by atoms with van der Waals surface area (Å²) in [5.74, 6) is 0. The fourth-order valence-corrected chi connectivity index (χ4v) is 1.80. The number of H-pyrrole nitrogens is 1. The van der Waals surface area contributed by atoms with Gasteiger partial charge in [-0.15, -0.1) is 0 Å². The number of benzene rings is 1. The molecular weight excluding hydrogens is 204 g/mol. The van der Waals surface area contributed by atoms with Crippen LogP contribution in [0.15, 0.2) is 30.6 Å². The first-order chi connectivity index (χ1) is 7.16. The highest BCUT2D eigenvalue weighted by Crippen LogP contribution is 2.21. The van der Waals surface area contributed by atoms with E-state index < -0.39 is 0 Å². The summed E-state index contributed by atoms with van der Waals surface area (Å²) in [5.41, 5.74) is 4.62. The molecule has 0 spiro atoms. The van der Waals surface area contributed by atoms with Crippen LogP contribution in [0.5, 0.6) is 0 Å². The van der Waals surface area contributed by atoms with Crippen LogP contribution in [0.4, 0.5) is 0 Å². The molecule has 0 radical (unpaired) electrons. The predicted octanol–water partition coefficient (Wildman–Crippen LogP) is 3.42. The number of aryl methyl sites for hydroxylation is 2. The summed E-state index contributed by atoms with van der Waals surface area (Å²) in [6.07, 6.45) is 3.44. The highest BCUT2D eigenvalue weighted by atomic mass is 32.1. The minimum atomic E-state index is 0.660. The summed E-state index contributed by atoms with van der Waals surface area (Å²) in [5, 5.41) is 0. The number of nitrogens with one attached hydrogen (secondary N) is 1. The van der Waals surface area contributed by atoms with Gasteiger partial charge >= 0.3 is 0 Å². The number of nitrogens with zero attached hydrogens (tertiary/aromatic N) is 1. The monoisotopic (exact) mass is 216 g/mol. The van der Waals surface area contributed by atoms with E-state index in [1.165, 1.54) is 11.1 Å². The zero-order valence-corrected chi connectivity index (χ0v) is 9.56. The maximum atomic E-state index is 5.05. The molecule has 0 saturated carbocycles. The smallest absolute Gasteiger partial charge is 0.122 e. The Labute approximate surface area is 94.0 Å². The van der Waals surface area contributed by atoms with E-state index in [2.05, 4.69) is 42.0 Å². The van der Waals surface area contributed by atoms with Crippen molar-refractivity contribution in [2.75, 3.05) is 0 Å². The van der Waals surface area contributed by atoms with E-state index in [4.69, 9.17) is 12.2 Å². The van der Waals surface area contributed by atoms with Gasteiger partial charge < -0.3 is 4.98 Å². The molecule has 0 amide bonds. The van der Waals surface area contributed by atoms with Crippen molar-refractivity contribution in [3.63, 3.8) is 0 Å². The Balaban J connectivity index is 2.59. The predicted molar refractivity (Wildman–Crippen MR) is 64.3 cm³/mol. The van der Waals surface area contributed by atoms with E-state index >= 15 is 0 Å². The fourth-order valence-electron chi connectivity index (χ4n) is 1.63. The molecule has 2 aromatic rings. The highest BCUT2D eigenvalue weighted by molar-refractivity contribution is 7.71. The molecule has 0 aliphatic rings. The molecule has 1 N–H and O–H groups in total. The molecule has 0 unspecified atom stereocenters. The zero-order valence-electron chi connectivity index (χ0n) is 8.74. The van der Waals surface area contributed by atoms with Gasteiger partial charge in [-0.05, 0) is 19.4 Å². The van der Waals surface area contributed by atoms with Gasteiger partial charge in [0.15, 0.2) is 0 Å². The largest absolute Gasteiger partial charge is 0.344 e. The van der Waals surface area contributed by atoms with E-state index in [0.717, 1.165) is 11.3 Å². The maximum Gasteiger partial charge on any atom is 0.122 e. The van der Waals surface area contributed by atoms with Gasteiger partial charge in [-0.1, -0.05) is 36.0 Å². The minimum Gasteiger partial charge on any atom is -0.344 e. The molecule has 15 heavy (non-hydrogen) atoms. The van der Waals surface area contributed by atoms with Gasteiger partial charge in [-0.3, -0.25) is 4.98 Å². The van der Waals surface area contributed by atoms with Crippen LogP contribution in [-0.2, 0) is 0 Å². The number of aromatic nitrogens is 2. The van der Waals surface area contributed by atoms with Gasteiger partial charge in [0.05, 0.1) is 18.1 Å². The SMILES string of the molecule is Cc1ccc(-c2cncc(=S)[nH]2)c(C)c1. The Morgan fingerprint density at radius 1 is 1.20 bits per heavy atom. The van der Waals surface area contributed by atoms with Crippen molar-refractivity contribution in [2.45, 2.75) is 13.8 Å². The van der Waals surface area contributed by atoms with Crippen LogP contribution in [0.3, 0.4) is 0 Å². The molecule has 0 aliphatic heterocycles. The summed E-state index contributed by atoms with van der Waals surface area (Å²) in [7, 11) is 0. The van der Waals surface area contributed by atoms with Gasteiger partial charge in [-0.25, -0.2) is 0 Å². The van der Waals surface area contributed by atoms with Gasteiger partial charge in [-0.2, -0.15) is 0 Å². The van der Waals surface area contributed by atoms with E-state index in [1.54, 1.807) is 12.4 Å². The van der Waals surface area contributed by atoms with Crippen LogP contribution in [-0.4, -0.2) is 9.97 Å². The molecular formula is C12H12N2S. The summed E-state index contributed by atoms with van der Waals surface area (Å²) in [4.78, 5) is 7.22. The molecule has 0 saturated heterocycles. The standard InChI is InChI=1S/C12H12N2S/c1-8-3-4-10(9(2)5-8)11-6-13-7-12(15)14-11/h3-7H,1-2H3,(H,14,15). The minimum absolute atomic E-state index is 0.660. The Hall–Kier alpha value is -1.48. The maximum absolute atomic E-state index is 5.05. The van der Waals surface area contributed by atoms with Crippen LogP contribution in [0.25, 0.3) is 11.3 Å². The summed E-state index contributed by atoms with van der Waals surface area (Å²) < 4.78 is 0.660. The topological polar surface area (TPSA) is 28.7 Å². The zero-order chi connectivity index (χ0) is 10.8. The third kappa shape index (κ3) is 2.13. The van der Waals surface area contributed by atoms with Crippen LogP contribution in [0, 0.1) is 18.5 Å². The molecule has 1 aromatic carbocycles. The van der Waals surface area contributed by atoms with Crippen LogP contribution in [0.1, 0.15) is 11.1 Å². The van der Waals surface area contributed by atoms with Crippen LogP contribution in [0.2, 0.25) is 0 Å². The molecule has 0 aliphatic carbocycles. The number of hydrogen-bond acceptors (Lipinski definition) is 2. The third-order valence-electron chi connectivity index (χ3n) is 2.33. The van der Waals surface area contributed by atoms with Gasteiger partial charge in [0.1, 0.15) is 4.64 Å². The Morgan fingerprint density at radius 2 is 2.00 bits per heavy atom. The van der Waals surface area contributed by atoms with E-state index in [9.17, 15) is 0 Å². The molecule has 2 rings (SSSR count). The van der Waals surface area contributed by atoms with Gasteiger partial charge in [0.2, 0.25) is 0 Å². The molecule has 3 heteroatoms. The number of aromatic amines is 1. The van der Waals surface area contributed by atoms with Crippen molar-refractivity contribution in [2.24, 2.45) is 0 Å². The molecule has 0 fully saturated rings. The van der Waals surface area contributed by atoms with E-state index in [0.29, 0.717) is 4.64 Å². The quantitative estimate of drug-likeness (QED) is 0.740. The summed E-state index contributed by atoms with van der Waals surface area (Å²) >= 11 is 5.05. The molecule has 76 valence electrons. The van der Waals surface area contributed by atoms with Crippen molar-refractivity contribution in [1.29, 1.82) is 0 Å². The van der Waals surface area contributed by atoms with Crippen molar-refractivity contribution in [3.8, 4) is 11.3 Å². The van der Waals surface area contributed by atoms with Gasteiger partial charge in [0, 0.05) is 5.56 Å². The lowest BCUT2D eigenvalue weighted by Crippen LogP contribution is -1.89. The molecule has 0 bridgehead atoms.